The van der Waals surface area contributed by atoms with E-state index < -0.39 is 0 Å². The van der Waals surface area contributed by atoms with Crippen LogP contribution in [0.5, 0.6) is 0 Å². The average Bonchev–Trinajstić information content (AvgIpc) is 2.72. The molecule has 0 heteroatoms. The van der Waals surface area contributed by atoms with E-state index in [0.717, 1.165) is 17.8 Å². The molecule has 27 heavy (non-hydrogen) atoms. The Morgan fingerprint density at radius 3 is 2.22 bits per heavy atom. The van der Waals surface area contributed by atoms with Gasteiger partial charge in [-0.15, -0.1) is 0 Å². The fourth-order valence-electron chi connectivity index (χ4n) is 5.06. The second-order valence-electron chi connectivity index (χ2n) is 9.12. The van der Waals surface area contributed by atoms with Crippen LogP contribution in [0.25, 0.3) is 5.57 Å². The summed E-state index contributed by atoms with van der Waals surface area (Å²) in [6.07, 6.45) is 24.7. The number of hydrogen-bond acceptors (Lipinski definition) is 0. The second kappa shape index (κ2) is 10.9. The molecule has 3 rings (SSSR count). The first-order valence-electron chi connectivity index (χ1n) is 11.7. The smallest absolute Gasteiger partial charge is 0.0167 e. The highest BCUT2D eigenvalue weighted by molar-refractivity contribution is 5.75. The Morgan fingerprint density at radius 1 is 0.852 bits per heavy atom. The summed E-state index contributed by atoms with van der Waals surface area (Å²) >= 11 is 0. The molecule has 2 aliphatic rings. The number of rotatable bonds is 9. The van der Waals surface area contributed by atoms with Gasteiger partial charge in [0.1, 0.15) is 0 Å². The first-order valence-corrected chi connectivity index (χ1v) is 11.7. The molecule has 2 aliphatic carbocycles. The van der Waals surface area contributed by atoms with Gasteiger partial charge in [-0.3, -0.25) is 0 Å². The third-order valence-electron chi connectivity index (χ3n) is 6.98. The molecule has 0 amide bonds. The maximum Gasteiger partial charge on any atom is -0.0167 e. The Kier molecular flexibility index (Phi) is 8.24. The number of allylic oxidation sites excluding steroid dienone is 4. The van der Waals surface area contributed by atoms with Gasteiger partial charge in [0.25, 0.3) is 0 Å². The summed E-state index contributed by atoms with van der Waals surface area (Å²) in [6.45, 7) is 4.47. The molecule has 0 aromatic heterocycles. The van der Waals surface area contributed by atoms with Crippen molar-refractivity contribution in [3.05, 3.63) is 53.6 Å². The van der Waals surface area contributed by atoms with Crippen molar-refractivity contribution in [2.24, 2.45) is 17.8 Å². The van der Waals surface area contributed by atoms with Crippen LogP contribution in [0.2, 0.25) is 0 Å². The molecule has 0 N–H and O–H groups in total. The van der Waals surface area contributed by atoms with E-state index in [2.05, 4.69) is 56.3 Å². The summed E-state index contributed by atoms with van der Waals surface area (Å²) in [5.41, 5.74) is 4.13. The van der Waals surface area contributed by atoms with Gasteiger partial charge in [0, 0.05) is 0 Å². The standard InChI is InChI=1S/C27H40/c1-3-4-5-6-7-8-9-23-12-16-25(17-13-23)27-20-18-26(19-21-27)24-14-10-22(2)11-15-24/h10-11,14-15,18-20,23,25,27H,3-9,12-13,16-17,21H2,1-2H3. The van der Waals surface area contributed by atoms with Gasteiger partial charge < -0.3 is 0 Å². The molecule has 1 aromatic carbocycles. The highest BCUT2D eigenvalue weighted by Gasteiger charge is 2.26. The Labute approximate surface area is 168 Å². The van der Waals surface area contributed by atoms with Crippen molar-refractivity contribution in [1.29, 1.82) is 0 Å². The molecule has 1 saturated carbocycles. The van der Waals surface area contributed by atoms with E-state index in [1.807, 2.05) is 0 Å². The molecule has 148 valence electrons. The molecule has 0 spiro atoms. The SMILES string of the molecule is CCCCCCCCC1CCC(C2C=CC(c3ccc(C)cc3)=CC2)CC1. The highest BCUT2D eigenvalue weighted by Crippen LogP contribution is 2.39. The number of aryl methyl sites for hydroxylation is 1. The predicted octanol–water partition coefficient (Wildman–Crippen LogP) is 8.51. The number of unbranched alkanes of at least 4 members (excludes halogenated alkanes) is 5. The van der Waals surface area contributed by atoms with Crippen LogP contribution in [0, 0.1) is 24.7 Å². The molecule has 0 saturated heterocycles. The Bertz CT molecular complexity index is 595. The minimum absolute atomic E-state index is 0.786. The molecule has 1 atom stereocenters. The summed E-state index contributed by atoms with van der Waals surface area (Å²) in [7, 11) is 0. The van der Waals surface area contributed by atoms with Gasteiger partial charge in [0.15, 0.2) is 0 Å². The third-order valence-corrected chi connectivity index (χ3v) is 6.98. The van der Waals surface area contributed by atoms with Crippen LogP contribution < -0.4 is 0 Å². The third kappa shape index (κ3) is 6.37. The van der Waals surface area contributed by atoms with E-state index in [4.69, 9.17) is 0 Å². The summed E-state index contributed by atoms with van der Waals surface area (Å²) in [5, 5.41) is 0. The maximum atomic E-state index is 2.52. The highest BCUT2D eigenvalue weighted by atomic mass is 14.3. The molecule has 0 nitrogen and oxygen atoms in total. The van der Waals surface area contributed by atoms with E-state index in [1.54, 1.807) is 0 Å². The molecule has 0 heterocycles. The quantitative estimate of drug-likeness (QED) is 0.385. The Hall–Kier alpha value is -1.30. The lowest BCUT2D eigenvalue weighted by Gasteiger charge is -2.33. The van der Waals surface area contributed by atoms with E-state index in [0.29, 0.717) is 0 Å². The van der Waals surface area contributed by atoms with E-state index in [-0.39, 0.29) is 0 Å². The lowest BCUT2D eigenvalue weighted by Crippen LogP contribution is -2.21. The van der Waals surface area contributed by atoms with Gasteiger partial charge in [0.2, 0.25) is 0 Å². The zero-order valence-corrected chi connectivity index (χ0v) is 17.8. The van der Waals surface area contributed by atoms with Gasteiger partial charge >= 0.3 is 0 Å². The predicted molar refractivity (Wildman–Crippen MR) is 120 cm³/mol. The molecular weight excluding hydrogens is 324 g/mol. The van der Waals surface area contributed by atoms with Gasteiger partial charge in [-0.2, -0.15) is 0 Å². The zero-order chi connectivity index (χ0) is 18.9. The summed E-state index contributed by atoms with van der Waals surface area (Å²) < 4.78 is 0. The van der Waals surface area contributed by atoms with E-state index >= 15 is 0 Å². The molecule has 1 unspecified atom stereocenters. The second-order valence-corrected chi connectivity index (χ2v) is 9.12. The van der Waals surface area contributed by atoms with E-state index in [1.165, 1.54) is 93.7 Å². The monoisotopic (exact) mass is 364 g/mol. The Balaban J connectivity index is 1.36. The lowest BCUT2D eigenvalue weighted by atomic mass is 9.72. The normalized spacial score (nSPS) is 25.4. The first-order chi connectivity index (χ1) is 13.3. The van der Waals surface area contributed by atoms with Crippen molar-refractivity contribution in [3.63, 3.8) is 0 Å². The van der Waals surface area contributed by atoms with Crippen molar-refractivity contribution >= 4 is 5.57 Å². The molecule has 1 fully saturated rings. The van der Waals surface area contributed by atoms with Crippen LogP contribution >= 0.6 is 0 Å². The van der Waals surface area contributed by atoms with Gasteiger partial charge in [-0.25, -0.2) is 0 Å². The van der Waals surface area contributed by atoms with Crippen LogP contribution in [-0.2, 0) is 0 Å². The average molecular weight is 365 g/mol. The minimum atomic E-state index is 0.786. The molecule has 0 aliphatic heterocycles. The van der Waals surface area contributed by atoms with Gasteiger partial charge in [-0.05, 0) is 55.1 Å². The molecule has 1 aromatic rings. The van der Waals surface area contributed by atoms with Crippen molar-refractivity contribution in [2.75, 3.05) is 0 Å². The first kappa shape index (κ1) is 20.4. The van der Waals surface area contributed by atoms with Crippen molar-refractivity contribution in [3.8, 4) is 0 Å². The summed E-state index contributed by atoms with van der Waals surface area (Å²) in [4.78, 5) is 0. The van der Waals surface area contributed by atoms with Gasteiger partial charge in [-0.1, -0.05) is 113 Å². The van der Waals surface area contributed by atoms with Crippen LogP contribution in [0.15, 0.2) is 42.5 Å². The van der Waals surface area contributed by atoms with Crippen molar-refractivity contribution in [1.82, 2.24) is 0 Å². The maximum absolute atomic E-state index is 2.52. The molecular formula is C27H40. The van der Waals surface area contributed by atoms with Crippen molar-refractivity contribution < 1.29 is 0 Å². The largest absolute Gasteiger partial charge is 0.0802 e. The molecule has 0 radical (unpaired) electrons. The zero-order valence-electron chi connectivity index (χ0n) is 17.8. The van der Waals surface area contributed by atoms with Crippen LogP contribution in [-0.4, -0.2) is 0 Å². The number of hydrogen-bond donors (Lipinski definition) is 0. The van der Waals surface area contributed by atoms with Crippen LogP contribution in [0.3, 0.4) is 0 Å². The van der Waals surface area contributed by atoms with Crippen LogP contribution in [0.1, 0.15) is 95.1 Å². The lowest BCUT2D eigenvalue weighted by molar-refractivity contribution is 0.218. The van der Waals surface area contributed by atoms with Crippen molar-refractivity contribution in [2.45, 2.75) is 90.9 Å². The minimum Gasteiger partial charge on any atom is -0.0802 e. The molecule has 0 bridgehead atoms. The fraction of sp³-hybridized carbons (Fsp3) is 0.630. The summed E-state index contributed by atoms with van der Waals surface area (Å²) in [5.74, 6) is 2.74. The number of benzene rings is 1. The summed E-state index contributed by atoms with van der Waals surface area (Å²) in [6, 6.07) is 8.97. The van der Waals surface area contributed by atoms with Crippen LogP contribution in [0.4, 0.5) is 0 Å². The Morgan fingerprint density at radius 2 is 1.56 bits per heavy atom. The van der Waals surface area contributed by atoms with E-state index in [9.17, 15) is 0 Å². The fourth-order valence-corrected chi connectivity index (χ4v) is 5.06. The van der Waals surface area contributed by atoms with Gasteiger partial charge in [0.05, 0.1) is 0 Å². The topological polar surface area (TPSA) is 0 Å².